The van der Waals surface area contributed by atoms with E-state index < -0.39 is 0 Å². The molecule has 0 aliphatic heterocycles. The van der Waals surface area contributed by atoms with Gasteiger partial charge in [-0.15, -0.1) is 0 Å². The van der Waals surface area contributed by atoms with Crippen molar-refractivity contribution in [1.82, 2.24) is 0 Å². The number of nitrogens with one attached hydrogen (secondary N) is 2. The fraction of sp³-hybridized carbons (Fsp3) is 0.0714. The second-order valence-electron chi connectivity index (χ2n) is 4.13. The van der Waals surface area contributed by atoms with E-state index in [0.29, 0.717) is 10.7 Å². The summed E-state index contributed by atoms with van der Waals surface area (Å²) < 4.78 is 2.65. The molecule has 0 aliphatic carbocycles. The zero-order valence-electron chi connectivity index (χ0n) is 10.6. The topological polar surface area (TPSA) is 41.1 Å². The third kappa shape index (κ3) is 4.71. The molecule has 0 bridgehead atoms. The Bertz CT molecular complexity index is 656. The van der Waals surface area contributed by atoms with E-state index in [0.717, 1.165) is 19.1 Å². The Hall–Kier alpha value is -0.560. The number of anilines is 2. The Morgan fingerprint density at radius 3 is 2.33 bits per heavy atom. The molecule has 0 fully saturated rings. The minimum Gasteiger partial charge on any atom is -0.374 e. The van der Waals surface area contributed by atoms with E-state index in [9.17, 15) is 4.79 Å². The number of carbonyl (C=O) groups excluding carboxylic acids is 1. The van der Waals surface area contributed by atoms with Crippen LogP contribution in [0.5, 0.6) is 0 Å². The van der Waals surface area contributed by atoms with E-state index in [2.05, 4.69) is 58.4 Å². The van der Waals surface area contributed by atoms with Gasteiger partial charge in [0.05, 0.1) is 22.9 Å². The highest BCUT2D eigenvalue weighted by Crippen LogP contribution is 2.34. The van der Waals surface area contributed by atoms with Crippen LogP contribution in [0.4, 0.5) is 11.4 Å². The Labute approximate surface area is 152 Å². The molecule has 0 saturated heterocycles. The highest BCUT2D eigenvalue weighted by Gasteiger charge is 2.09. The smallest absolute Gasteiger partial charge is 0.243 e. The standard InChI is InChI=1S/C14H10Br3ClN2O/c15-8-5-9(16)14(10(17)6-8)19-7-13(21)20-12-4-2-1-3-11(12)18/h1-6,19H,7H2,(H,20,21). The summed E-state index contributed by atoms with van der Waals surface area (Å²) in [5.41, 5.74) is 1.41. The van der Waals surface area contributed by atoms with Gasteiger partial charge in [0.2, 0.25) is 5.91 Å². The molecule has 2 aromatic rings. The SMILES string of the molecule is O=C(CNc1c(Br)cc(Br)cc1Br)Nc1ccccc1Cl. The van der Waals surface area contributed by atoms with Gasteiger partial charge in [-0.2, -0.15) is 0 Å². The summed E-state index contributed by atoms with van der Waals surface area (Å²) in [6, 6.07) is 10.9. The number of benzene rings is 2. The molecule has 0 heterocycles. The molecule has 1 amide bonds. The van der Waals surface area contributed by atoms with Crippen molar-refractivity contribution in [2.24, 2.45) is 0 Å². The summed E-state index contributed by atoms with van der Waals surface area (Å²) in [7, 11) is 0. The number of hydrogen-bond donors (Lipinski definition) is 2. The summed E-state index contributed by atoms with van der Waals surface area (Å²) in [6.07, 6.45) is 0. The molecule has 7 heteroatoms. The monoisotopic (exact) mass is 494 g/mol. The lowest BCUT2D eigenvalue weighted by molar-refractivity contribution is -0.114. The third-order valence-electron chi connectivity index (χ3n) is 2.58. The van der Waals surface area contributed by atoms with Crippen LogP contribution in [0.15, 0.2) is 49.8 Å². The predicted octanol–water partition coefficient (Wildman–Crippen LogP) is 5.68. The van der Waals surface area contributed by atoms with Gasteiger partial charge in [0, 0.05) is 13.4 Å². The van der Waals surface area contributed by atoms with Crippen molar-refractivity contribution >= 4 is 76.7 Å². The van der Waals surface area contributed by atoms with E-state index in [-0.39, 0.29) is 12.5 Å². The Kier molecular flexibility index (Phi) is 6.10. The largest absolute Gasteiger partial charge is 0.374 e. The first-order chi connectivity index (χ1) is 9.97. The molecule has 0 radical (unpaired) electrons. The summed E-state index contributed by atoms with van der Waals surface area (Å²) in [4.78, 5) is 12.0. The van der Waals surface area contributed by atoms with E-state index in [4.69, 9.17) is 11.6 Å². The van der Waals surface area contributed by atoms with Gasteiger partial charge in [-0.25, -0.2) is 0 Å². The molecule has 2 rings (SSSR count). The fourth-order valence-electron chi connectivity index (χ4n) is 1.64. The first-order valence-corrected chi connectivity index (χ1v) is 8.66. The van der Waals surface area contributed by atoms with Crippen molar-refractivity contribution in [3.05, 3.63) is 54.8 Å². The van der Waals surface area contributed by atoms with Crippen LogP contribution >= 0.6 is 59.4 Å². The summed E-state index contributed by atoms with van der Waals surface area (Å²) in [5.74, 6) is -0.176. The molecule has 110 valence electrons. The number of para-hydroxylation sites is 1. The van der Waals surface area contributed by atoms with Gasteiger partial charge in [0.25, 0.3) is 0 Å². The van der Waals surface area contributed by atoms with Crippen LogP contribution < -0.4 is 10.6 Å². The van der Waals surface area contributed by atoms with Crippen LogP contribution in [0.2, 0.25) is 5.02 Å². The van der Waals surface area contributed by atoms with Crippen molar-refractivity contribution in [3.63, 3.8) is 0 Å². The van der Waals surface area contributed by atoms with Gasteiger partial charge < -0.3 is 10.6 Å². The average Bonchev–Trinajstić information content (AvgIpc) is 2.40. The summed E-state index contributed by atoms with van der Waals surface area (Å²) >= 11 is 16.3. The van der Waals surface area contributed by atoms with Gasteiger partial charge in [-0.1, -0.05) is 39.7 Å². The maximum atomic E-state index is 12.0. The molecule has 0 aliphatic rings. The van der Waals surface area contributed by atoms with Crippen molar-refractivity contribution in [3.8, 4) is 0 Å². The average molecular weight is 497 g/mol. The Morgan fingerprint density at radius 1 is 1.10 bits per heavy atom. The molecule has 3 nitrogen and oxygen atoms in total. The fourth-order valence-corrected chi connectivity index (χ4v) is 4.36. The zero-order chi connectivity index (χ0) is 15.4. The molecular formula is C14H10Br3ClN2O. The first kappa shape index (κ1) is 16.8. The van der Waals surface area contributed by atoms with Crippen LogP contribution in [0.1, 0.15) is 0 Å². The van der Waals surface area contributed by atoms with Crippen molar-refractivity contribution in [2.75, 3.05) is 17.2 Å². The molecular weight excluding hydrogens is 487 g/mol. The van der Waals surface area contributed by atoms with Crippen LogP contribution in [-0.4, -0.2) is 12.5 Å². The van der Waals surface area contributed by atoms with Crippen LogP contribution in [0.3, 0.4) is 0 Å². The molecule has 0 saturated carbocycles. The number of rotatable bonds is 4. The first-order valence-electron chi connectivity index (χ1n) is 5.90. The minimum atomic E-state index is -0.176. The Morgan fingerprint density at radius 2 is 1.71 bits per heavy atom. The normalized spacial score (nSPS) is 10.3. The summed E-state index contributed by atoms with van der Waals surface area (Å²) in [5, 5.41) is 6.35. The molecule has 0 aromatic heterocycles. The molecule has 2 N–H and O–H groups in total. The molecule has 21 heavy (non-hydrogen) atoms. The quantitative estimate of drug-likeness (QED) is 0.571. The van der Waals surface area contributed by atoms with Crippen molar-refractivity contribution < 1.29 is 4.79 Å². The van der Waals surface area contributed by atoms with Crippen molar-refractivity contribution in [1.29, 1.82) is 0 Å². The maximum Gasteiger partial charge on any atom is 0.243 e. The van der Waals surface area contributed by atoms with E-state index >= 15 is 0 Å². The minimum absolute atomic E-state index is 0.129. The second kappa shape index (κ2) is 7.63. The highest BCUT2D eigenvalue weighted by molar-refractivity contribution is 9.11. The van der Waals surface area contributed by atoms with E-state index in [1.807, 2.05) is 24.3 Å². The molecule has 0 unspecified atom stereocenters. The number of amides is 1. The number of halogens is 4. The van der Waals surface area contributed by atoms with Gasteiger partial charge in [-0.05, 0) is 56.1 Å². The van der Waals surface area contributed by atoms with Gasteiger partial charge in [-0.3, -0.25) is 4.79 Å². The van der Waals surface area contributed by atoms with Crippen LogP contribution in [-0.2, 0) is 4.79 Å². The third-order valence-corrected chi connectivity index (χ3v) is 4.62. The van der Waals surface area contributed by atoms with Gasteiger partial charge in [0.15, 0.2) is 0 Å². The van der Waals surface area contributed by atoms with E-state index in [1.165, 1.54) is 0 Å². The molecule has 0 spiro atoms. The molecule has 2 aromatic carbocycles. The Balaban J connectivity index is 2.01. The van der Waals surface area contributed by atoms with Crippen LogP contribution in [0.25, 0.3) is 0 Å². The lowest BCUT2D eigenvalue weighted by Gasteiger charge is -2.12. The van der Waals surface area contributed by atoms with Crippen molar-refractivity contribution in [2.45, 2.75) is 0 Å². The van der Waals surface area contributed by atoms with Gasteiger partial charge >= 0.3 is 0 Å². The maximum absolute atomic E-state index is 12.0. The van der Waals surface area contributed by atoms with Gasteiger partial charge in [0.1, 0.15) is 0 Å². The molecule has 0 atom stereocenters. The summed E-state index contributed by atoms with van der Waals surface area (Å²) in [6.45, 7) is 0.129. The predicted molar refractivity (Wildman–Crippen MR) is 98.1 cm³/mol. The van der Waals surface area contributed by atoms with Crippen LogP contribution in [0, 0.1) is 0 Å². The number of hydrogen-bond acceptors (Lipinski definition) is 2. The van der Waals surface area contributed by atoms with E-state index in [1.54, 1.807) is 12.1 Å². The number of carbonyl (C=O) groups is 1. The second-order valence-corrected chi connectivity index (χ2v) is 7.16. The zero-order valence-corrected chi connectivity index (χ0v) is 16.1. The highest BCUT2D eigenvalue weighted by atomic mass is 79.9. The lowest BCUT2D eigenvalue weighted by Crippen LogP contribution is -2.22. The lowest BCUT2D eigenvalue weighted by atomic mass is 10.3.